The van der Waals surface area contributed by atoms with Crippen LogP contribution in [-0.4, -0.2) is 21.3 Å². The van der Waals surface area contributed by atoms with Gasteiger partial charge >= 0.3 is 5.97 Å². The van der Waals surface area contributed by atoms with E-state index in [2.05, 4.69) is 4.98 Å². The van der Waals surface area contributed by atoms with Crippen LogP contribution in [0.3, 0.4) is 0 Å². The van der Waals surface area contributed by atoms with Crippen LogP contribution in [0.15, 0.2) is 29.4 Å². The molecule has 0 spiro atoms. The van der Waals surface area contributed by atoms with Crippen molar-refractivity contribution in [3.05, 3.63) is 24.5 Å². The fraction of sp³-hybridized carbons (Fsp3) is 0.500. The molecule has 1 fully saturated rings. The zero-order valence-corrected chi connectivity index (χ0v) is 9.82. The van der Waals surface area contributed by atoms with Crippen molar-refractivity contribution in [3.8, 4) is 0 Å². The Morgan fingerprint density at radius 2 is 2.00 bits per heavy atom. The number of aliphatic carboxylic acids is 1. The maximum atomic E-state index is 11.1. The lowest BCUT2D eigenvalue weighted by atomic mass is 9.89. The summed E-state index contributed by atoms with van der Waals surface area (Å²) in [6, 6.07) is 3.89. The lowest BCUT2D eigenvalue weighted by Gasteiger charge is -2.27. The van der Waals surface area contributed by atoms with E-state index in [1.807, 2.05) is 12.1 Å². The zero-order valence-electron chi connectivity index (χ0n) is 9.00. The van der Waals surface area contributed by atoms with Crippen molar-refractivity contribution >= 4 is 17.7 Å². The number of carboxylic acids is 1. The second-order valence-electron chi connectivity index (χ2n) is 4.07. The summed E-state index contributed by atoms with van der Waals surface area (Å²) in [4.78, 5) is 16.2. The lowest BCUT2D eigenvalue weighted by molar-refractivity contribution is -0.142. The van der Waals surface area contributed by atoms with Crippen molar-refractivity contribution < 1.29 is 9.90 Å². The summed E-state index contributed by atoms with van der Waals surface area (Å²) in [5.74, 6) is -0.835. The summed E-state index contributed by atoms with van der Waals surface area (Å²) < 4.78 is 0. The van der Waals surface area contributed by atoms with Crippen LogP contribution in [0.25, 0.3) is 0 Å². The molecule has 1 heterocycles. The second-order valence-corrected chi connectivity index (χ2v) is 5.38. The minimum Gasteiger partial charge on any atom is -0.481 e. The molecule has 86 valence electrons. The molecule has 0 radical (unpaired) electrons. The molecule has 1 aromatic heterocycles. The summed E-state index contributed by atoms with van der Waals surface area (Å²) in [5, 5.41) is 9.38. The van der Waals surface area contributed by atoms with Crippen molar-refractivity contribution in [2.24, 2.45) is 5.92 Å². The molecule has 4 heteroatoms. The van der Waals surface area contributed by atoms with Crippen LogP contribution in [-0.2, 0) is 4.79 Å². The number of rotatable bonds is 3. The molecule has 2 unspecified atom stereocenters. The van der Waals surface area contributed by atoms with Gasteiger partial charge in [0, 0.05) is 22.5 Å². The molecule has 0 bridgehead atoms. The van der Waals surface area contributed by atoms with Gasteiger partial charge in [0.15, 0.2) is 0 Å². The van der Waals surface area contributed by atoms with E-state index in [0.29, 0.717) is 0 Å². The highest BCUT2D eigenvalue weighted by Crippen LogP contribution is 2.37. The van der Waals surface area contributed by atoms with E-state index in [-0.39, 0.29) is 11.2 Å². The van der Waals surface area contributed by atoms with Crippen molar-refractivity contribution in [1.29, 1.82) is 0 Å². The maximum Gasteiger partial charge on any atom is 0.307 e. The van der Waals surface area contributed by atoms with Crippen LogP contribution >= 0.6 is 11.8 Å². The monoisotopic (exact) mass is 237 g/mol. The molecule has 3 nitrogen and oxygen atoms in total. The zero-order chi connectivity index (χ0) is 11.4. The van der Waals surface area contributed by atoms with Gasteiger partial charge in [0.2, 0.25) is 0 Å². The van der Waals surface area contributed by atoms with Gasteiger partial charge in [-0.1, -0.05) is 12.8 Å². The van der Waals surface area contributed by atoms with E-state index in [0.717, 1.165) is 30.6 Å². The Hall–Kier alpha value is -1.03. The normalized spacial score (nSPS) is 25.2. The van der Waals surface area contributed by atoms with Crippen LogP contribution in [0.2, 0.25) is 0 Å². The largest absolute Gasteiger partial charge is 0.481 e. The number of carboxylic acid groups (broad SMARTS) is 1. The average molecular weight is 237 g/mol. The Labute approximate surface area is 99.3 Å². The Bertz CT molecular complexity index is 355. The summed E-state index contributed by atoms with van der Waals surface area (Å²) in [7, 11) is 0. The summed E-state index contributed by atoms with van der Waals surface area (Å²) in [5.41, 5.74) is 0. The van der Waals surface area contributed by atoms with E-state index in [9.17, 15) is 4.79 Å². The maximum absolute atomic E-state index is 11.1. The molecule has 1 aliphatic rings. The van der Waals surface area contributed by atoms with Gasteiger partial charge in [0.05, 0.1) is 5.92 Å². The van der Waals surface area contributed by atoms with Gasteiger partial charge < -0.3 is 5.11 Å². The second kappa shape index (κ2) is 5.34. The fourth-order valence-corrected chi connectivity index (χ4v) is 3.44. The minimum absolute atomic E-state index is 0.188. The van der Waals surface area contributed by atoms with Gasteiger partial charge in [-0.05, 0) is 25.0 Å². The standard InChI is InChI=1S/C12H15NO2S/c14-12(15)10-3-1-2-4-11(10)16-9-5-7-13-8-6-9/h5-8,10-11H,1-4H2,(H,14,15). The number of hydrogen-bond acceptors (Lipinski definition) is 3. The van der Waals surface area contributed by atoms with Crippen LogP contribution < -0.4 is 0 Å². The number of carbonyl (C=O) groups is 1. The topological polar surface area (TPSA) is 50.2 Å². The summed E-state index contributed by atoms with van der Waals surface area (Å²) in [6.45, 7) is 0. The SMILES string of the molecule is O=C(O)C1CCCCC1Sc1ccncc1. The first-order valence-corrected chi connectivity index (χ1v) is 6.45. The number of hydrogen-bond donors (Lipinski definition) is 1. The summed E-state index contributed by atoms with van der Waals surface area (Å²) >= 11 is 1.68. The van der Waals surface area contributed by atoms with Crippen LogP contribution in [0, 0.1) is 5.92 Å². The fourth-order valence-electron chi connectivity index (χ4n) is 2.11. The molecule has 0 aliphatic heterocycles. The highest BCUT2D eigenvalue weighted by molar-refractivity contribution is 8.00. The van der Waals surface area contributed by atoms with E-state index in [1.54, 1.807) is 24.2 Å². The molecule has 1 aromatic rings. The number of thioether (sulfide) groups is 1. The lowest BCUT2D eigenvalue weighted by Crippen LogP contribution is -2.28. The van der Waals surface area contributed by atoms with Crippen molar-refractivity contribution in [1.82, 2.24) is 4.98 Å². The van der Waals surface area contributed by atoms with E-state index >= 15 is 0 Å². The average Bonchev–Trinajstić information content (AvgIpc) is 2.31. The Balaban J connectivity index is 2.04. The van der Waals surface area contributed by atoms with Crippen LogP contribution in [0.5, 0.6) is 0 Å². The van der Waals surface area contributed by atoms with E-state index < -0.39 is 5.97 Å². The molecule has 0 aromatic carbocycles. The quantitative estimate of drug-likeness (QED) is 0.878. The first-order chi connectivity index (χ1) is 7.77. The van der Waals surface area contributed by atoms with Gasteiger partial charge in [-0.15, -0.1) is 11.8 Å². The molecular formula is C12H15NO2S. The first kappa shape index (κ1) is 11.5. The third-order valence-electron chi connectivity index (χ3n) is 2.96. The first-order valence-electron chi connectivity index (χ1n) is 5.57. The highest BCUT2D eigenvalue weighted by atomic mass is 32.2. The van der Waals surface area contributed by atoms with Gasteiger partial charge in [-0.25, -0.2) is 0 Å². The van der Waals surface area contributed by atoms with Crippen LogP contribution in [0.1, 0.15) is 25.7 Å². The molecule has 1 N–H and O–H groups in total. The molecule has 2 rings (SSSR count). The third-order valence-corrected chi connectivity index (χ3v) is 4.37. The minimum atomic E-state index is -0.647. The van der Waals surface area contributed by atoms with Crippen LogP contribution in [0.4, 0.5) is 0 Å². The van der Waals surface area contributed by atoms with E-state index in [1.165, 1.54) is 0 Å². The van der Waals surface area contributed by atoms with E-state index in [4.69, 9.17) is 5.11 Å². The highest BCUT2D eigenvalue weighted by Gasteiger charge is 2.31. The van der Waals surface area contributed by atoms with Crippen molar-refractivity contribution in [2.45, 2.75) is 35.8 Å². The molecule has 1 saturated carbocycles. The predicted molar refractivity (Wildman–Crippen MR) is 63.5 cm³/mol. The molecule has 1 aliphatic carbocycles. The Kier molecular flexibility index (Phi) is 3.83. The van der Waals surface area contributed by atoms with Crippen molar-refractivity contribution in [3.63, 3.8) is 0 Å². The number of nitrogens with zero attached hydrogens (tertiary/aromatic N) is 1. The van der Waals surface area contributed by atoms with Gasteiger partial charge in [-0.2, -0.15) is 0 Å². The molecule has 2 atom stereocenters. The predicted octanol–water partition coefficient (Wildman–Crippen LogP) is 2.82. The van der Waals surface area contributed by atoms with Gasteiger partial charge in [0.25, 0.3) is 0 Å². The molecule has 16 heavy (non-hydrogen) atoms. The Morgan fingerprint density at radius 1 is 1.31 bits per heavy atom. The smallest absolute Gasteiger partial charge is 0.307 e. The molecule has 0 amide bonds. The Morgan fingerprint density at radius 3 is 2.69 bits per heavy atom. The van der Waals surface area contributed by atoms with Gasteiger partial charge in [0.1, 0.15) is 0 Å². The summed E-state index contributed by atoms with van der Waals surface area (Å²) in [6.07, 6.45) is 7.51. The van der Waals surface area contributed by atoms with Gasteiger partial charge in [-0.3, -0.25) is 9.78 Å². The van der Waals surface area contributed by atoms with Crippen molar-refractivity contribution in [2.75, 3.05) is 0 Å². The molecule has 0 saturated heterocycles. The number of pyridine rings is 1. The number of aromatic nitrogens is 1. The third kappa shape index (κ3) is 2.76. The molecular weight excluding hydrogens is 222 g/mol.